The standard InChI is InChI=1S/C19H18ClFN4O/c1-12-18(13(2)25(24-12)16-6-4-3-5-7-16)23-19(26)22-11-14-8-9-15(21)10-17(14)20/h3-10H,11H2,1-2H3,(H2,22,23,26). The van der Waals surface area contributed by atoms with Gasteiger partial charge in [0.2, 0.25) is 0 Å². The van der Waals surface area contributed by atoms with Crippen LogP contribution in [0.15, 0.2) is 48.5 Å². The van der Waals surface area contributed by atoms with E-state index in [1.807, 2.05) is 44.2 Å². The molecule has 0 saturated carbocycles. The van der Waals surface area contributed by atoms with Crippen molar-refractivity contribution < 1.29 is 9.18 Å². The lowest BCUT2D eigenvalue weighted by Crippen LogP contribution is -2.28. The maximum Gasteiger partial charge on any atom is 0.319 e. The first-order chi connectivity index (χ1) is 12.5. The van der Waals surface area contributed by atoms with E-state index in [1.165, 1.54) is 12.1 Å². The topological polar surface area (TPSA) is 59.0 Å². The van der Waals surface area contributed by atoms with Crippen LogP contribution in [0.2, 0.25) is 5.02 Å². The molecule has 26 heavy (non-hydrogen) atoms. The Morgan fingerprint density at radius 3 is 2.62 bits per heavy atom. The van der Waals surface area contributed by atoms with Crippen molar-refractivity contribution in [2.45, 2.75) is 20.4 Å². The molecule has 3 rings (SSSR count). The van der Waals surface area contributed by atoms with E-state index < -0.39 is 5.82 Å². The number of carbonyl (C=O) groups excluding carboxylic acids is 1. The van der Waals surface area contributed by atoms with Crippen LogP contribution < -0.4 is 10.6 Å². The van der Waals surface area contributed by atoms with Crippen molar-refractivity contribution in [3.63, 3.8) is 0 Å². The van der Waals surface area contributed by atoms with E-state index in [2.05, 4.69) is 15.7 Å². The Morgan fingerprint density at radius 1 is 1.19 bits per heavy atom. The zero-order valence-electron chi connectivity index (χ0n) is 14.4. The fourth-order valence-electron chi connectivity index (χ4n) is 2.64. The fraction of sp³-hybridized carbons (Fsp3) is 0.158. The highest BCUT2D eigenvalue weighted by Crippen LogP contribution is 2.23. The molecule has 1 heterocycles. The van der Waals surface area contributed by atoms with Crippen molar-refractivity contribution in [2.24, 2.45) is 0 Å². The number of aromatic nitrogens is 2. The van der Waals surface area contributed by atoms with Crippen LogP contribution in [0.25, 0.3) is 5.69 Å². The van der Waals surface area contributed by atoms with E-state index in [0.717, 1.165) is 11.4 Å². The second kappa shape index (κ2) is 7.58. The highest BCUT2D eigenvalue weighted by molar-refractivity contribution is 6.31. The largest absolute Gasteiger partial charge is 0.334 e. The molecule has 134 valence electrons. The maximum absolute atomic E-state index is 13.1. The molecule has 0 unspecified atom stereocenters. The third kappa shape index (κ3) is 3.86. The molecule has 0 atom stereocenters. The number of anilines is 1. The summed E-state index contributed by atoms with van der Waals surface area (Å²) in [5.74, 6) is -0.414. The first-order valence-electron chi connectivity index (χ1n) is 8.06. The van der Waals surface area contributed by atoms with Gasteiger partial charge in [-0.15, -0.1) is 0 Å². The number of nitrogens with zero attached hydrogens (tertiary/aromatic N) is 2. The van der Waals surface area contributed by atoms with Crippen molar-refractivity contribution in [1.82, 2.24) is 15.1 Å². The Balaban J connectivity index is 1.71. The Kier molecular flexibility index (Phi) is 5.23. The zero-order valence-corrected chi connectivity index (χ0v) is 15.1. The Hall–Kier alpha value is -2.86. The molecule has 0 aliphatic heterocycles. The van der Waals surface area contributed by atoms with Gasteiger partial charge in [-0.25, -0.2) is 13.9 Å². The summed E-state index contributed by atoms with van der Waals surface area (Å²) in [7, 11) is 0. The second-order valence-electron chi connectivity index (χ2n) is 5.84. The summed E-state index contributed by atoms with van der Waals surface area (Å²) in [6, 6.07) is 13.4. The van der Waals surface area contributed by atoms with Crippen molar-refractivity contribution >= 4 is 23.3 Å². The van der Waals surface area contributed by atoms with Crippen LogP contribution in [-0.4, -0.2) is 15.8 Å². The van der Waals surface area contributed by atoms with Crippen LogP contribution >= 0.6 is 11.6 Å². The molecule has 2 aromatic carbocycles. The van der Waals surface area contributed by atoms with Crippen LogP contribution in [-0.2, 0) is 6.54 Å². The molecule has 1 aromatic heterocycles. The third-order valence-corrected chi connectivity index (χ3v) is 4.34. The van der Waals surface area contributed by atoms with Gasteiger partial charge in [0.1, 0.15) is 5.82 Å². The number of para-hydroxylation sites is 1. The van der Waals surface area contributed by atoms with Gasteiger partial charge in [-0.3, -0.25) is 0 Å². The minimum Gasteiger partial charge on any atom is -0.334 e. The monoisotopic (exact) mass is 372 g/mol. The van der Waals surface area contributed by atoms with Crippen LogP contribution in [0.5, 0.6) is 0 Å². The van der Waals surface area contributed by atoms with Gasteiger partial charge < -0.3 is 10.6 Å². The summed E-state index contributed by atoms with van der Waals surface area (Å²) < 4.78 is 14.9. The minimum atomic E-state index is -0.414. The Labute approximate surface area is 155 Å². The van der Waals surface area contributed by atoms with E-state index in [0.29, 0.717) is 16.9 Å². The second-order valence-corrected chi connectivity index (χ2v) is 6.24. The lowest BCUT2D eigenvalue weighted by molar-refractivity contribution is 0.251. The van der Waals surface area contributed by atoms with E-state index in [-0.39, 0.29) is 17.6 Å². The molecule has 0 bridgehead atoms. The number of benzene rings is 2. The molecule has 0 aliphatic rings. The summed E-state index contributed by atoms with van der Waals surface area (Å²) in [6.45, 7) is 3.91. The number of aryl methyl sites for hydroxylation is 1. The van der Waals surface area contributed by atoms with Crippen LogP contribution in [0.4, 0.5) is 14.9 Å². The molecule has 5 nitrogen and oxygen atoms in total. The van der Waals surface area contributed by atoms with Crippen LogP contribution in [0.1, 0.15) is 17.0 Å². The predicted octanol–water partition coefficient (Wildman–Crippen LogP) is 4.60. The smallest absolute Gasteiger partial charge is 0.319 e. The summed E-state index contributed by atoms with van der Waals surface area (Å²) in [6.07, 6.45) is 0. The fourth-order valence-corrected chi connectivity index (χ4v) is 2.88. The van der Waals surface area contributed by atoms with Crippen molar-refractivity contribution in [3.05, 3.63) is 76.3 Å². The zero-order chi connectivity index (χ0) is 18.7. The molecule has 2 N–H and O–H groups in total. The highest BCUT2D eigenvalue weighted by Gasteiger charge is 2.15. The van der Waals surface area contributed by atoms with Crippen molar-refractivity contribution in [1.29, 1.82) is 0 Å². The number of rotatable bonds is 4. The minimum absolute atomic E-state index is 0.190. The van der Waals surface area contributed by atoms with E-state index in [1.54, 1.807) is 10.7 Å². The number of amides is 2. The average molecular weight is 373 g/mol. The lowest BCUT2D eigenvalue weighted by atomic mass is 10.2. The summed E-state index contributed by atoms with van der Waals surface area (Å²) in [5.41, 5.74) is 3.73. The molecule has 0 saturated heterocycles. The molecule has 0 spiro atoms. The molecule has 0 fully saturated rings. The highest BCUT2D eigenvalue weighted by atomic mass is 35.5. The molecular formula is C19H18ClFN4O. The maximum atomic E-state index is 13.1. The SMILES string of the molecule is Cc1nn(-c2ccccc2)c(C)c1NC(=O)NCc1ccc(F)cc1Cl. The summed E-state index contributed by atoms with van der Waals surface area (Å²) in [5, 5.41) is 10.3. The van der Waals surface area contributed by atoms with Gasteiger partial charge in [0, 0.05) is 11.6 Å². The van der Waals surface area contributed by atoms with Crippen molar-refractivity contribution in [3.8, 4) is 5.69 Å². The molecule has 2 amide bonds. The van der Waals surface area contributed by atoms with E-state index in [9.17, 15) is 9.18 Å². The molecule has 7 heteroatoms. The molecule has 0 radical (unpaired) electrons. The number of carbonyl (C=O) groups is 1. The predicted molar refractivity (Wildman–Crippen MR) is 100 cm³/mol. The Morgan fingerprint density at radius 2 is 1.92 bits per heavy atom. The van der Waals surface area contributed by atoms with Crippen LogP contribution in [0.3, 0.4) is 0 Å². The van der Waals surface area contributed by atoms with E-state index in [4.69, 9.17) is 11.6 Å². The van der Waals surface area contributed by atoms with Crippen LogP contribution in [0, 0.1) is 19.7 Å². The molecular weight excluding hydrogens is 355 g/mol. The molecule has 0 aliphatic carbocycles. The number of halogens is 2. The van der Waals surface area contributed by atoms with Gasteiger partial charge in [0.15, 0.2) is 0 Å². The van der Waals surface area contributed by atoms with Gasteiger partial charge in [-0.2, -0.15) is 5.10 Å². The van der Waals surface area contributed by atoms with Gasteiger partial charge in [-0.1, -0.05) is 35.9 Å². The Bertz CT molecular complexity index is 940. The van der Waals surface area contributed by atoms with E-state index >= 15 is 0 Å². The third-order valence-electron chi connectivity index (χ3n) is 3.99. The van der Waals surface area contributed by atoms with Crippen molar-refractivity contribution in [2.75, 3.05) is 5.32 Å². The lowest BCUT2D eigenvalue weighted by Gasteiger charge is -2.10. The normalized spacial score (nSPS) is 10.6. The number of nitrogens with one attached hydrogen (secondary N) is 2. The first kappa shape index (κ1) is 17.9. The summed E-state index contributed by atoms with van der Waals surface area (Å²) >= 11 is 5.97. The quantitative estimate of drug-likeness (QED) is 0.703. The summed E-state index contributed by atoms with van der Waals surface area (Å²) in [4.78, 5) is 12.2. The van der Waals surface area contributed by atoms with Gasteiger partial charge in [0.05, 0.1) is 22.8 Å². The number of urea groups is 1. The van der Waals surface area contributed by atoms with Gasteiger partial charge in [0.25, 0.3) is 0 Å². The molecule has 3 aromatic rings. The number of hydrogen-bond acceptors (Lipinski definition) is 2. The first-order valence-corrected chi connectivity index (χ1v) is 8.44. The van der Waals surface area contributed by atoms with Gasteiger partial charge >= 0.3 is 6.03 Å². The van der Waals surface area contributed by atoms with Gasteiger partial charge in [-0.05, 0) is 43.7 Å². The average Bonchev–Trinajstić information content (AvgIpc) is 2.90. The number of hydrogen-bond donors (Lipinski definition) is 2.